The van der Waals surface area contributed by atoms with Crippen LogP contribution in [0.25, 0.3) is 0 Å². The Balaban J connectivity index is 0.00000264. The van der Waals surface area contributed by atoms with Gasteiger partial charge in [0.2, 0.25) is 5.91 Å². The molecule has 0 atom stereocenters. The summed E-state index contributed by atoms with van der Waals surface area (Å²) in [6.45, 7) is 5.02. The van der Waals surface area contributed by atoms with Crippen molar-refractivity contribution in [2.75, 3.05) is 24.6 Å². The summed E-state index contributed by atoms with van der Waals surface area (Å²) in [6.07, 6.45) is 0. The van der Waals surface area contributed by atoms with E-state index in [9.17, 15) is 4.79 Å². The number of nitrogens with zero attached hydrogens (tertiary/aromatic N) is 1. The second kappa shape index (κ2) is 8.56. The summed E-state index contributed by atoms with van der Waals surface area (Å²) in [7, 11) is 1.92. The minimum Gasteiger partial charge on any atom is -0.399 e. The average Bonchev–Trinajstić information content (AvgIpc) is 2.43. The molecule has 124 valence electrons. The van der Waals surface area contributed by atoms with Gasteiger partial charge < -0.3 is 11.1 Å². The molecule has 0 aliphatic heterocycles. The van der Waals surface area contributed by atoms with Gasteiger partial charge in [-0.1, -0.05) is 30.3 Å². The number of hydrogen-bond donors (Lipinski definition) is 2. The van der Waals surface area contributed by atoms with E-state index in [1.165, 1.54) is 0 Å². The lowest BCUT2D eigenvalue weighted by atomic mass is 10.1. The van der Waals surface area contributed by atoms with Crippen molar-refractivity contribution >= 4 is 29.7 Å². The molecule has 23 heavy (non-hydrogen) atoms. The van der Waals surface area contributed by atoms with Gasteiger partial charge in [-0.2, -0.15) is 0 Å². The number of hydrogen-bond acceptors (Lipinski definition) is 3. The second-order valence-electron chi connectivity index (χ2n) is 5.73. The van der Waals surface area contributed by atoms with Crippen LogP contribution in [0.5, 0.6) is 0 Å². The number of halogens is 1. The first-order valence-electron chi connectivity index (χ1n) is 7.34. The first kappa shape index (κ1) is 19.0. The van der Waals surface area contributed by atoms with Crippen LogP contribution in [0.15, 0.2) is 42.5 Å². The lowest BCUT2D eigenvalue weighted by Gasteiger charge is -2.18. The van der Waals surface area contributed by atoms with Gasteiger partial charge in [-0.05, 0) is 49.7 Å². The van der Waals surface area contributed by atoms with E-state index in [1.54, 1.807) is 0 Å². The van der Waals surface area contributed by atoms with Crippen LogP contribution in [0.2, 0.25) is 0 Å². The molecule has 0 unspecified atom stereocenters. The quantitative estimate of drug-likeness (QED) is 0.825. The van der Waals surface area contributed by atoms with Crippen molar-refractivity contribution in [3.63, 3.8) is 0 Å². The topological polar surface area (TPSA) is 58.4 Å². The maximum Gasteiger partial charge on any atom is 0.238 e. The molecule has 3 N–H and O–H groups in total. The monoisotopic (exact) mass is 333 g/mol. The number of nitrogens with two attached hydrogens (primary N) is 1. The Morgan fingerprint density at radius 2 is 1.74 bits per heavy atom. The molecule has 4 nitrogen and oxygen atoms in total. The Kier molecular flexibility index (Phi) is 7.07. The van der Waals surface area contributed by atoms with Gasteiger partial charge in [0, 0.05) is 17.9 Å². The molecule has 0 saturated carbocycles. The van der Waals surface area contributed by atoms with Gasteiger partial charge in [-0.3, -0.25) is 9.69 Å². The molecule has 5 heteroatoms. The molecule has 1 amide bonds. The third-order valence-corrected chi connectivity index (χ3v) is 3.56. The molecule has 0 heterocycles. The molecule has 2 rings (SSSR count). The van der Waals surface area contributed by atoms with Crippen LogP contribution in [-0.4, -0.2) is 24.4 Å². The molecule has 2 aromatic carbocycles. The fraction of sp³-hybridized carbons (Fsp3) is 0.278. The van der Waals surface area contributed by atoms with Crippen molar-refractivity contribution in [2.45, 2.75) is 20.4 Å². The van der Waals surface area contributed by atoms with Crippen molar-refractivity contribution in [2.24, 2.45) is 0 Å². The number of anilines is 2. The molecule has 0 bridgehead atoms. The first-order valence-corrected chi connectivity index (χ1v) is 7.34. The summed E-state index contributed by atoms with van der Waals surface area (Å²) in [5, 5.41) is 3.00. The maximum atomic E-state index is 12.2. The summed E-state index contributed by atoms with van der Waals surface area (Å²) >= 11 is 0. The number of carbonyl (C=O) groups is 1. The largest absolute Gasteiger partial charge is 0.399 e. The SMILES string of the molecule is Cc1cccc(C)c1NC(=O)CN(C)Cc1cccc(N)c1.Cl. The highest BCUT2D eigenvalue weighted by Gasteiger charge is 2.10. The molecule has 2 aromatic rings. The fourth-order valence-corrected chi connectivity index (χ4v) is 2.49. The van der Waals surface area contributed by atoms with E-state index < -0.39 is 0 Å². The Hall–Kier alpha value is -2.04. The van der Waals surface area contributed by atoms with E-state index in [2.05, 4.69) is 5.32 Å². The van der Waals surface area contributed by atoms with Gasteiger partial charge in [0.15, 0.2) is 0 Å². The highest BCUT2D eigenvalue weighted by molar-refractivity contribution is 5.93. The van der Waals surface area contributed by atoms with Crippen LogP contribution >= 0.6 is 12.4 Å². The van der Waals surface area contributed by atoms with E-state index in [4.69, 9.17) is 5.73 Å². The maximum absolute atomic E-state index is 12.2. The molecule has 0 aromatic heterocycles. The lowest BCUT2D eigenvalue weighted by molar-refractivity contribution is -0.117. The van der Waals surface area contributed by atoms with Gasteiger partial charge >= 0.3 is 0 Å². The standard InChI is InChI=1S/C18H23N3O.ClH/c1-13-6-4-7-14(2)18(13)20-17(22)12-21(3)11-15-8-5-9-16(19)10-15;/h4-10H,11-12,19H2,1-3H3,(H,20,22);1H. The minimum atomic E-state index is -0.0104. The van der Waals surface area contributed by atoms with Crippen LogP contribution < -0.4 is 11.1 Å². The van der Waals surface area contributed by atoms with E-state index in [0.717, 1.165) is 28.1 Å². The highest BCUT2D eigenvalue weighted by atomic mass is 35.5. The number of nitrogens with one attached hydrogen (secondary N) is 1. The van der Waals surface area contributed by atoms with Gasteiger partial charge in [0.1, 0.15) is 0 Å². The summed E-state index contributed by atoms with van der Waals surface area (Å²) in [5.74, 6) is -0.0104. The number of amides is 1. The highest BCUT2D eigenvalue weighted by Crippen LogP contribution is 2.19. The minimum absolute atomic E-state index is 0. The fourth-order valence-electron chi connectivity index (χ4n) is 2.49. The third kappa shape index (κ3) is 5.58. The van der Waals surface area contributed by atoms with E-state index >= 15 is 0 Å². The zero-order valence-electron chi connectivity index (χ0n) is 13.8. The smallest absolute Gasteiger partial charge is 0.238 e. The van der Waals surface area contributed by atoms with Gasteiger partial charge in [0.25, 0.3) is 0 Å². The number of carbonyl (C=O) groups excluding carboxylic acids is 1. The van der Waals surface area contributed by atoms with Crippen molar-refractivity contribution in [1.29, 1.82) is 0 Å². The van der Waals surface area contributed by atoms with Gasteiger partial charge in [-0.25, -0.2) is 0 Å². The van der Waals surface area contributed by atoms with Gasteiger partial charge in [-0.15, -0.1) is 12.4 Å². The van der Waals surface area contributed by atoms with Crippen molar-refractivity contribution < 1.29 is 4.79 Å². The predicted octanol–water partition coefficient (Wildman–Crippen LogP) is 3.38. The van der Waals surface area contributed by atoms with Crippen molar-refractivity contribution in [3.8, 4) is 0 Å². The Bertz CT molecular complexity index is 653. The normalized spacial score (nSPS) is 10.3. The number of para-hydroxylation sites is 1. The Morgan fingerprint density at radius 3 is 2.35 bits per heavy atom. The van der Waals surface area contributed by atoms with Gasteiger partial charge in [0.05, 0.1) is 6.54 Å². The molecular weight excluding hydrogens is 310 g/mol. The zero-order chi connectivity index (χ0) is 16.1. The second-order valence-corrected chi connectivity index (χ2v) is 5.73. The zero-order valence-corrected chi connectivity index (χ0v) is 14.6. The number of likely N-dealkylation sites (N-methyl/N-ethyl adjacent to an activating group) is 1. The van der Waals surface area contributed by atoms with Crippen LogP contribution in [0.4, 0.5) is 11.4 Å². The van der Waals surface area contributed by atoms with Crippen LogP contribution in [-0.2, 0) is 11.3 Å². The first-order chi connectivity index (χ1) is 10.5. The van der Waals surface area contributed by atoms with E-state index in [0.29, 0.717) is 13.1 Å². The molecule has 0 aliphatic carbocycles. The summed E-state index contributed by atoms with van der Waals surface area (Å²) in [5.41, 5.74) is 10.7. The summed E-state index contributed by atoms with van der Waals surface area (Å²) < 4.78 is 0. The van der Waals surface area contributed by atoms with Crippen LogP contribution in [0.3, 0.4) is 0 Å². The predicted molar refractivity (Wildman–Crippen MR) is 99.0 cm³/mol. The van der Waals surface area contributed by atoms with Crippen LogP contribution in [0.1, 0.15) is 16.7 Å². The summed E-state index contributed by atoms with van der Waals surface area (Å²) in [4.78, 5) is 14.2. The number of rotatable bonds is 5. The summed E-state index contributed by atoms with van der Waals surface area (Å²) in [6, 6.07) is 13.7. The Morgan fingerprint density at radius 1 is 1.13 bits per heavy atom. The lowest BCUT2D eigenvalue weighted by Crippen LogP contribution is -2.30. The van der Waals surface area contributed by atoms with Crippen molar-refractivity contribution in [1.82, 2.24) is 4.90 Å². The third-order valence-electron chi connectivity index (χ3n) is 3.56. The number of aryl methyl sites for hydroxylation is 2. The molecule has 0 radical (unpaired) electrons. The number of benzene rings is 2. The van der Waals surface area contributed by atoms with E-state index in [1.807, 2.05) is 68.3 Å². The molecule has 0 saturated heterocycles. The van der Waals surface area contributed by atoms with E-state index in [-0.39, 0.29) is 18.3 Å². The molecule has 0 aliphatic rings. The van der Waals surface area contributed by atoms with Crippen LogP contribution in [0, 0.1) is 13.8 Å². The molecular formula is C18H24ClN3O. The molecule has 0 fully saturated rings. The molecule has 0 spiro atoms. The van der Waals surface area contributed by atoms with Crippen molar-refractivity contribution in [3.05, 3.63) is 59.2 Å². The Labute approximate surface area is 144 Å². The number of nitrogen functional groups attached to an aromatic ring is 1. The average molecular weight is 334 g/mol.